The molecule has 0 aliphatic carbocycles. The summed E-state index contributed by atoms with van der Waals surface area (Å²) < 4.78 is 0. The van der Waals surface area contributed by atoms with Gasteiger partial charge in [0.25, 0.3) is 11.8 Å². The zero-order chi connectivity index (χ0) is 16.9. The molecule has 0 bridgehead atoms. The van der Waals surface area contributed by atoms with Gasteiger partial charge < -0.3 is 10.2 Å². The molecule has 24 heavy (non-hydrogen) atoms. The first kappa shape index (κ1) is 16.4. The van der Waals surface area contributed by atoms with E-state index in [-0.39, 0.29) is 17.9 Å². The summed E-state index contributed by atoms with van der Waals surface area (Å²) in [6.45, 7) is 1.16. The van der Waals surface area contributed by atoms with E-state index in [0.29, 0.717) is 42.1 Å². The van der Waals surface area contributed by atoms with Gasteiger partial charge in [-0.1, -0.05) is 11.6 Å². The normalized spacial score (nSPS) is 15.1. The number of piperidine rings is 1. The Morgan fingerprint density at radius 3 is 2.42 bits per heavy atom. The Hall–Kier alpha value is -2.47. The highest BCUT2D eigenvalue weighted by atomic mass is 35.5. The minimum atomic E-state index is -0.112. The molecule has 1 fully saturated rings. The highest BCUT2D eigenvalue weighted by Gasteiger charge is 2.25. The molecule has 7 heteroatoms. The summed E-state index contributed by atoms with van der Waals surface area (Å²) in [6.07, 6.45) is 7.64. The van der Waals surface area contributed by atoms with Crippen molar-refractivity contribution in [1.82, 2.24) is 20.2 Å². The van der Waals surface area contributed by atoms with E-state index >= 15 is 0 Å². The van der Waals surface area contributed by atoms with Gasteiger partial charge in [-0.3, -0.25) is 19.6 Å². The van der Waals surface area contributed by atoms with E-state index < -0.39 is 0 Å². The maximum atomic E-state index is 12.5. The van der Waals surface area contributed by atoms with Crippen LogP contribution in [0.25, 0.3) is 0 Å². The molecule has 1 aliphatic rings. The van der Waals surface area contributed by atoms with Crippen LogP contribution in [0.15, 0.2) is 43.0 Å². The van der Waals surface area contributed by atoms with Crippen molar-refractivity contribution in [2.24, 2.45) is 0 Å². The van der Waals surface area contributed by atoms with Crippen LogP contribution in [0.2, 0.25) is 5.02 Å². The van der Waals surface area contributed by atoms with Crippen molar-refractivity contribution in [3.8, 4) is 0 Å². The first-order chi connectivity index (χ1) is 11.6. The van der Waals surface area contributed by atoms with E-state index in [0.717, 1.165) is 0 Å². The van der Waals surface area contributed by atoms with Crippen molar-refractivity contribution in [3.63, 3.8) is 0 Å². The van der Waals surface area contributed by atoms with Crippen molar-refractivity contribution in [2.75, 3.05) is 13.1 Å². The summed E-state index contributed by atoms with van der Waals surface area (Å²) in [5.74, 6) is -0.208. The highest BCUT2D eigenvalue weighted by molar-refractivity contribution is 6.33. The number of amides is 2. The molecule has 2 aromatic rings. The van der Waals surface area contributed by atoms with Gasteiger partial charge in [0.15, 0.2) is 0 Å². The number of hydrogen-bond acceptors (Lipinski definition) is 4. The molecule has 0 unspecified atom stereocenters. The van der Waals surface area contributed by atoms with Crippen LogP contribution >= 0.6 is 11.6 Å². The summed E-state index contributed by atoms with van der Waals surface area (Å²) in [4.78, 5) is 34.2. The molecule has 3 heterocycles. The fraction of sp³-hybridized carbons (Fsp3) is 0.294. The number of carbonyl (C=O) groups excluding carboxylic acids is 2. The quantitative estimate of drug-likeness (QED) is 0.925. The maximum Gasteiger partial charge on any atom is 0.255 e. The fourth-order valence-corrected chi connectivity index (χ4v) is 2.92. The Balaban J connectivity index is 1.55. The molecule has 0 spiro atoms. The number of pyridine rings is 2. The predicted octanol–water partition coefficient (Wildman–Crippen LogP) is 2.16. The van der Waals surface area contributed by atoms with E-state index in [4.69, 9.17) is 11.6 Å². The van der Waals surface area contributed by atoms with Gasteiger partial charge >= 0.3 is 0 Å². The number of carbonyl (C=O) groups is 2. The molecule has 0 aromatic carbocycles. The minimum Gasteiger partial charge on any atom is -0.349 e. The number of rotatable bonds is 3. The van der Waals surface area contributed by atoms with Crippen LogP contribution in [-0.2, 0) is 0 Å². The third kappa shape index (κ3) is 3.71. The first-order valence-corrected chi connectivity index (χ1v) is 8.12. The Kier molecular flexibility index (Phi) is 5.05. The second-order valence-corrected chi connectivity index (χ2v) is 6.04. The number of halogens is 1. The van der Waals surface area contributed by atoms with Crippen LogP contribution < -0.4 is 5.32 Å². The van der Waals surface area contributed by atoms with E-state index in [2.05, 4.69) is 15.3 Å². The summed E-state index contributed by atoms with van der Waals surface area (Å²) in [5, 5.41) is 3.36. The van der Waals surface area contributed by atoms with E-state index in [9.17, 15) is 9.59 Å². The van der Waals surface area contributed by atoms with Crippen molar-refractivity contribution in [1.29, 1.82) is 0 Å². The van der Waals surface area contributed by atoms with Crippen molar-refractivity contribution >= 4 is 23.4 Å². The second kappa shape index (κ2) is 7.40. The molecular weight excluding hydrogens is 328 g/mol. The lowest BCUT2D eigenvalue weighted by atomic mass is 10.0. The van der Waals surface area contributed by atoms with Gasteiger partial charge in [-0.2, -0.15) is 0 Å². The Bertz CT molecular complexity index is 730. The molecule has 6 nitrogen and oxygen atoms in total. The van der Waals surface area contributed by atoms with Crippen molar-refractivity contribution < 1.29 is 9.59 Å². The van der Waals surface area contributed by atoms with Gasteiger partial charge in [0, 0.05) is 49.5 Å². The van der Waals surface area contributed by atoms with Gasteiger partial charge in [-0.05, 0) is 31.0 Å². The largest absolute Gasteiger partial charge is 0.349 e. The van der Waals surface area contributed by atoms with Crippen LogP contribution in [0.3, 0.4) is 0 Å². The average molecular weight is 345 g/mol. The van der Waals surface area contributed by atoms with Crippen molar-refractivity contribution in [2.45, 2.75) is 18.9 Å². The van der Waals surface area contributed by atoms with Crippen LogP contribution in [0.4, 0.5) is 0 Å². The highest BCUT2D eigenvalue weighted by Crippen LogP contribution is 2.19. The zero-order valence-corrected chi connectivity index (χ0v) is 13.7. The van der Waals surface area contributed by atoms with E-state index in [1.807, 2.05) is 0 Å². The van der Waals surface area contributed by atoms with Gasteiger partial charge in [-0.25, -0.2) is 0 Å². The van der Waals surface area contributed by atoms with Gasteiger partial charge in [0.1, 0.15) is 0 Å². The molecular formula is C17H17ClN4O2. The number of hydrogen-bond donors (Lipinski definition) is 1. The molecule has 1 N–H and O–H groups in total. The van der Waals surface area contributed by atoms with Gasteiger partial charge in [-0.15, -0.1) is 0 Å². The Labute approximate surface area is 144 Å². The molecule has 1 aliphatic heterocycles. The zero-order valence-electron chi connectivity index (χ0n) is 13.0. The molecule has 124 valence electrons. The third-order valence-corrected chi connectivity index (χ3v) is 4.36. The fourth-order valence-electron chi connectivity index (χ4n) is 2.72. The molecule has 0 radical (unpaired) electrons. The third-order valence-electron chi connectivity index (χ3n) is 4.06. The van der Waals surface area contributed by atoms with Crippen molar-refractivity contribution in [3.05, 3.63) is 59.1 Å². The van der Waals surface area contributed by atoms with Gasteiger partial charge in [0.05, 0.1) is 10.6 Å². The standard InChI is InChI=1S/C17H17ClN4O2/c18-15-11-20-8-3-14(15)17(24)22-9-4-13(5-10-22)21-16(23)12-1-6-19-7-2-12/h1-3,6-8,11,13H,4-5,9-10H2,(H,21,23). The summed E-state index contributed by atoms with van der Waals surface area (Å²) >= 11 is 6.03. The first-order valence-electron chi connectivity index (χ1n) is 7.75. The molecule has 0 saturated carbocycles. The number of likely N-dealkylation sites (tertiary alicyclic amines) is 1. The maximum absolute atomic E-state index is 12.5. The lowest BCUT2D eigenvalue weighted by molar-refractivity contribution is 0.0698. The Morgan fingerprint density at radius 1 is 1.08 bits per heavy atom. The lowest BCUT2D eigenvalue weighted by Crippen LogP contribution is -2.46. The van der Waals surface area contributed by atoms with Gasteiger partial charge in [0.2, 0.25) is 0 Å². The van der Waals surface area contributed by atoms with Crippen LogP contribution in [-0.4, -0.2) is 45.8 Å². The summed E-state index contributed by atoms with van der Waals surface area (Å²) in [5.41, 5.74) is 1.05. The second-order valence-electron chi connectivity index (χ2n) is 5.63. The number of nitrogens with zero attached hydrogens (tertiary/aromatic N) is 3. The summed E-state index contributed by atoms with van der Waals surface area (Å²) in [6, 6.07) is 5.04. The topological polar surface area (TPSA) is 75.2 Å². The molecule has 0 atom stereocenters. The minimum absolute atomic E-state index is 0.0580. The van der Waals surface area contributed by atoms with E-state index in [1.165, 1.54) is 6.20 Å². The predicted molar refractivity (Wildman–Crippen MR) is 89.9 cm³/mol. The average Bonchev–Trinajstić information content (AvgIpc) is 2.63. The Morgan fingerprint density at radius 2 is 1.75 bits per heavy atom. The smallest absolute Gasteiger partial charge is 0.255 e. The molecule has 1 saturated heterocycles. The van der Waals surface area contributed by atoms with E-state index in [1.54, 1.807) is 41.7 Å². The lowest BCUT2D eigenvalue weighted by Gasteiger charge is -2.32. The van der Waals surface area contributed by atoms with Crippen LogP contribution in [0.1, 0.15) is 33.6 Å². The van der Waals surface area contributed by atoms with Crippen LogP contribution in [0.5, 0.6) is 0 Å². The number of aromatic nitrogens is 2. The SMILES string of the molecule is O=C(NC1CCN(C(=O)c2ccncc2Cl)CC1)c1ccncc1. The molecule has 2 amide bonds. The molecule has 3 rings (SSSR count). The monoisotopic (exact) mass is 344 g/mol. The molecule has 2 aromatic heterocycles. The number of nitrogens with one attached hydrogen (secondary N) is 1. The van der Waals surface area contributed by atoms with Crippen LogP contribution in [0, 0.1) is 0 Å². The summed E-state index contributed by atoms with van der Waals surface area (Å²) in [7, 11) is 0.